The third-order valence-electron chi connectivity index (χ3n) is 4.19. The Morgan fingerprint density at radius 1 is 1.20 bits per heavy atom. The highest BCUT2D eigenvalue weighted by molar-refractivity contribution is 5.85. The van der Waals surface area contributed by atoms with Gasteiger partial charge in [-0.3, -0.25) is 9.59 Å². The molecule has 0 spiro atoms. The van der Waals surface area contributed by atoms with Crippen LogP contribution < -0.4 is 16.2 Å². The molecular formula is C18H29N5O2. The van der Waals surface area contributed by atoms with Gasteiger partial charge in [-0.2, -0.15) is 0 Å². The van der Waals surface area contributed by atoms with Gasteiger partial charge in [0, 0.05) is 45.0 Å². The van der Waals surface area contributed by atoms with Crippen LogP contribution in [0.2, 0.25) is 0 Å². The molecule has 1 aromatic heterocycles. The highest BCUT2D eigenvalue weighted by atomic mass is 16.2. The molecule has 1 aliphatic rings. The van der Waals surface area contributed by atoms with Gasteiger partial charge >= 0.3 is 0 Å². The molecule has 1 amide bonds. The first-order valence-electron chi connectivity index (χ1n) is 9.16. The van der Waals surface area contributed by atoms with Gasteiger partial charge in [0.15, 0.2) is 5.96 Å². The Labute approximate surface area is 149 Å². The lowest BCUT2D eigenvalue weighted by molar-refractivity contribution is -0.128. The van der Waals surface area contributed by atoms with E-state index in [2.05, 4.69) is 15.6 Å². The van der Waals surface area contributed by atoms with Crippen LogP contribution in [0.4, 0.5) is 0 Å². The summed E-state index contributed by atoms with van der Waals surface area (Å²) in [5.41, 5.74) is 0.0331. The molecule has 1 aliphatic heterocycles. The van der Waals surface area contributed by atoms with Gasteiger partial charge in [-0.25, -0.2) is 4.99 Å². The Hall–Kier alpha value is -2.31. The number of carbonyl (C=O) groups is 1. The second kappa shape index (κ2) is 10.5. The summed E-state index contributed by atoms with van der Waals surface area (Å²) < 4.78 is 1.72. The van der Waals surface area contributed by atoms with Crippen LogP contribution in [0.25, 0.3) is 0 Å². The number of carbonyl (C=O) groups excluding carboxylic acids is 1. The van der Waals surface area contributed by atoms with Crippen LogP contribution in [0.5, 0.6) is 0 Å². The molecule has 0 atom stereocenters. The third-order valence-corrected chi connectivity index (χ3v) is 4.19. The number of hydrogen-bond acceptors (Lipinski definition) is 3. The number of guanidine groups is 1. The average Bonchev–Trinajstić information content (AvgIpc) is 3.15. The summed E-state index contributed by atoms with van der Waals surface area (Å²) in [6.45, 7) is 6.13. The van der Waals surface area contributed by atoms with Crippen LogP contribution >= 0.6 is 0 Å². The van der Waals surface area contributed by atoms with E-state index < -0.39 is 0 Å². The van der Waals surface area contributed by atoms with E-state index in [0.717, 1.165) is 51.9 Å². The fourth-order valence-electron chi connectivity index (χ4n) is 2.81. The standard InChI is InChI=1S/C18H29N5O2/c1-2-19-18(21-15-17(25)23-13-7-8-14-23)20-10-4-6-12-22-11-5-3-9-16(22)24/h3,5,9,11H,2,4,6-8,10,12-15H2,1H3,(H2,19,20,21). The summed E-state index contributed by atoms with van der Waals surface area (Å²) in [6, 6.07) is 5.20. The van der Waals surface area contributed by atoms with E-state index in [4.69, 9.17) is 0 Å². The quantitative estimate of drug-likeness (QED) is 0.414. The minimum Gasteiger partial charge on any atom is -0.357 e. The Morgan fingerprint density at radius 2 is 2.00 bits per heavy atom. The van der Waals surface area contributed by atoms with E-state index in [9.17, 15) is 9.59 Å². The molecule has 1 fully saturated rings. The maximum Gasteiger partial charge on any atom is 0.250 e. The summed E-state index contributed by atoms with van der Waals surface area (Å²) in [6.07, 6.45) is 5.83. The van der Waals surface area contributed by atoms with E-state index in [1.54, 1.807) is 16.7 Å². The highest BCUT2D eigenvalue weighted by Crippen LogP contribution is 2.07. The molecule has 2 heterocycles. The van der Waals surface area contributed by atoms with Gasteiger partial charge in [-0.05, 0) is 38.7 Å². The number of amides is 1. The Morgan fingerprint density at radius 3 is 2.72 bits per heavy atom. The minimum absolute atomic E-state index is 0.0331. The zero-order chi connectivity index (χ0) is 17.9. The molecular weight excluding hydrogens is 318 g/mol. The van der Waals surface area contributed by atoms with Gasteiger partial charge in [-0.1, -0.05) is 6.07 Å². The predicted molar refractivity (Wildman–Crippen MR) is 99.7 cm³/mol. The maximum absolute atomic E-state index is 12.1. The van der Waals surface area contributed by atoms with Crippen molar-refractivity contribution >= 4 is 11.9 Å². The van der Waals surface area contributed by atoms with Gasteiger partial charge in [0.2, 0.25) is 11.5 Å². The molecule has 0 bridgehead atoms. The van der Waals surface area contributed by atoms with Crippen molar-refractivity contribution in [1.29, 1.82) is 0 Å². The molecule has 1 aromatic rings. The van der Waals surface area contributed by atoms with Crippen LogP contribution in [-0.4, -0.2) is 54.1 Å². The summed E-state index contributed by atoms with van der Waals surface area (Å²) in [5, 5.41) is 6.41. The first-order valence-corrected chi connectivity index (χ1v) is 9.16. The molecule has 1 saturated heterocycles. The number of nitrogens with zero attached hydrogens (tertiary/aromatic N) is 3. The van der Waals surface area contributed by atoms with E-state index in [1.165, 1.54) is 0 Å². The van der Waals surface area contributed by atoms with E-state index >= 15 is 0 Å². The number of rotatable bonds is 8. The fraction of sp³-hybridized carbons (Fsp3) is 0.611. The summed E-state index contributed by atoms with van der Waals surface area (Å²) in [5.74, 6) is 0.769. The molecule has 25 heavy (non-hydrogen) atoms. The maximum atomic E-state index is 12.1. The SMILES string of the molecule is CCNC(=NCC(=O)N1CCCC1)NCCCCn1ccccc1=O. The normalized spacial score (nSPS) is 14.6. The van der Waals surface area contributed by atoms with Crippen LogP contribution in [0, 0.1) is 0 Å². The number of aliphatic imine (C=N–C) groups is 1. The number of likely N-dealkylation sites (tertiary alicyclic amines) is 1. The van der Waals surface area contributed by atoms with Crippen molar-refractivity contribution in [2.45, 2.75) is 39.2 Å². The minimum atomic E-state index is 0.0331. The van der Waals surface area contributed by atoms with Crippen molar-refractivity contribution in [2.24, 2.45) is 4.99 Å². The summed E-state index contributed by atoms with van der Waals surface area (Å²) in [7, 11) is 0. The fourth-order valence-corrected chi connectivity index (χ4v) is 2.81. The second-order valence-electron chi connectivity index (χ2n) is 6.15. The number of aromatic nitrogens is 1. The third kappa shape index (κ3) is 6.60. The summed E-state index contributed by atoms with van der Waals surface area (Å²) >= 11 is 0. The monoisotopic (exact) mass is 347 g/mol. The van der Waals surface area contributed by atoms with E-state index in [1.807, 2.05) is 24.1 Å². The van der Waals surface area contributed by atoms with Gasteiger partial charge < -0.3 is 20.1 Å². The zero-order valence-electron chi connectivity index (χ0n) is 15.0. The molecule has 2 N–H and O–H groups in total. The molecule has 0 aromatic carbocycles. The van der Waals surface area contributed by atoms with Gasteiger partial charge in [0.1, 0.15) is 6.54 Å². The lowest BCUT2D eigenvalue weighted by Crippen LogP contribution is -2.39. The van der Waals surface area contributed by atoms with Crippen molar-refractivity contribution in [3.8, 4) is 0 Å². The molecule has 0 unspecified atom stereocenters. The molecule has 138 valence electrons. The largest absolute Gasteiger partial charge is 0.357 e. The number of unbranched alkanes of at least 4 members (excludes halogenated alkanes) is 1. The topological polar surface area (TPSA) is 78.7 Å². The Balaban J connectivity index is 1.69. The predicted octanol–water partition coefficient (Wildman–Crippen LogP) is 0.806. The van der Waals surface area contributed by atoms with Crippen molar-refractivity contribution in [1.82, 2.24) is 20.1 Å². The number of nitrogens with one attached hydrogen (secondary N) is 2. The lowest BCUT2D eigenvalue weighted by atomic mass is 10.3. The molecule has 0 aliphatic carbocycles. The Bertz CT molecular complexity index is 620. The lowest BCUT2D eigenvalue weighted by Gasteiger charge is -2.15. The van der Waals surface area contributed by atoms with Gasteiger partial charge in [0.05, 0.1) is 0 Å². The van der Waals surface area contributed by atoms with Crippen molar-refractivity contribution in [3.05, 3.63) is 34.7 Å². The highest BCUT2D eigenvalue weighted by Gasteiger charge is 2.17. The number of aryl methyl sites for hydroxylation is 1. The second-order valence-corrected chi connectivity index (χ2v) is 6.15. The van der Waals surface area contributed by atoms with E-state index in [0.29, 0.717) is 12.5 Å². The van der Waals surface area contributed by atoms with Gasteiger partial charge in [-0.15, -0.1) is 0 Å². The van der Waals surface area contributed by atoms with Crippen LogP contribution in [0.15, 0.2) is 34.2 Å². The first kappa shape index (κ1) is 19.0. The van der Waals surface area contributed by atoms with Crippen molar-refractivity contribution < 1.29 is 4.79 Å². The molecule has 7 heteroatoms. The first-order chi connectivity index (χ1) is 12.2. The molecule has 0 saturated carbocycles. The number of pyridine rings is 1. The van der Waals surface area contributed by atoms with Gasteiger partial charge in [0.25, 0.3) is 0 Å². The van der Waals surface area contributed by atoms with Crippen LogP contribution in [-0.2, 0) is 11.3 Å². The number of hydrogen-bond donors (Lipinski definition) is 2. The Kier molecular flexibility index (Phi) is 8.01. The molecule has 0 radical (unpaired) electrons. The molecule has 2 rings (SSSR count). The van der Waals surface area contributed by atoms with Crippen LogP contribution in [0.3, 0.4) is 0 Å². The van der Waals surface area contributed by atoms with Crippen molar-refractivity contribution in [2.75, 3.05) is 32.7 Å². The van der Waals surface area contributed by atoms with E-state index in [-0.39, 0.29) is 18.0 Å². The average molecular weight is 347 g/mol. The smallest absolute Gasteiger partial charge is 0.250 e. The molecule has 7 nitrogen and oxygen atoms in total. The summed E-state index contributed by atoms with van der Waals surface area (Å²) in [4.78, 5) is 29.9. The van der Waals surface area contributed by atoms with Crippen molar-refractivity contribution in [3.63, 3.8) is 0 Å². The zero-order valence-corrected chi connectivity index (χ0v) is 15.0. The van der Waals surface area contributed by atoms with Crippen LogP contribution in [0.1, 0.15) is 32.6 Å².